The second-order valence-electron chi connectivity index (χ2n) is 3.89. The highest BCUT2D eigenvalue weighted by atomic mass is 16.5. The van der Waals surface area contributed by atoms with Crippen LogP contribution >= 0.6 is 0 Å². The van der Waals surface area contributed by atoms with Crippen molar-refractivity contribution >= 4 is 24.4 Å². The maximum absolute atomic E-state index is 11.9. The summed E-state index contributed by atoms with van der Waals surface area (Å²) in [7, 11) is 0.926. The molecule has 0 spiro atoms. The molecule has 0 atom stereocenters. The first kappa shape index (κ1) is 11.7. The van der Waals surface area contributed by atoms with Crippen molar-refractivity contribution in [1.29, 1.82) is 0 Å². The second-order valence-corrected chi connectivity index (χ2v) is 3.89. The van der Waals surface area contributed by atoms with E-state index in [2.05, 4.69) is 11.8 Å². The van der Waals surface area contributed by atoms with Gasteiger partial charge in [-0.15, -0.1) is 0 Å². The molecule has 0 fully saturated rings. The minimum absolute atomic E-state index is 0.314. The van der Waals surface area contributed by atoms with Gasteiger partial charge in [0.05, 0.1) is 12.3 Å². The van der Waals surface area contributed by atoms with Crippen LogP contribution < -0.4 is 5.46 Å². The van der Waals surface area contributed by atoms with Gasteiger partial charge in [-0.1, -0.05) is 18.4 Å². The number of aryl methyl sites for hydroxylation is 1. The summed E-state index contributed by atoms with van der Waals surface area (Å²) in [6.45, 7) is 6.08. The van der Waals surface area contributed by atoms with Gasteiger partial charge in [0, 0.05) is 6.20 Å². The van der Waals surface area contributed by atoms with Crippen molar-refractivity contribution in [3.63, 3.8) is 0 Å². The number of fused-ring (bicyclic) bond motifs is 1. The molecule has 0 saturated heterocycles. The molecular weight excluding hydrogens is 215 g/mol. The molecular formula is C12H15BN2O2. The molecule has 2 rings (SSSR count). The van der Waals surface area contributed by atoms with Crippen LogP contribution in [0.25, 0.3) is 5.65 Å². The maximum atomic E-state index is 11.9. The van der Waals surface area contributed by atoms with Gasteiger partial charge in [-0.2, -0.15) is 0 Å². The minimum atomic E-state index is -0.314. The zero-order valence-corrected chi connectivity index (χ0v) is 10.4. The summed E-state index contributed by atoms with van der Waals surface area (Å²) in [4.78, 5) is 16.2. The number of pyridine rings is 1. The number of imidazole rings is 1. The number of carbonyl (C=O) groups excluding carboxylic acids is 1. The topological polar surface area (TPSA) is 43.6 Å². The van der Waals surface area contributed by atoms with Crippen LogP contribution in [0.5, 0.6) is 0 Å². The van der Waals surface area contributed by atoms with Crippen LogP contribution in [-0.4, -0.2) is 29.2 Å². The number of ether oxygens (including phenoxy) is 1. The normalized spacial score (nSPS) is 10.5. The number of hydrogen-bond donors (Lipinski definition) is 0. The number of aromatic nitrogens is 2. The summed E-state index contributed by atoms with van der Waals surface area (Å²) in [5, 5.41) is 0. The lowest BCUT2D eigenvalue weighted by molar-refractivity contribution is 0.0517. The van der Waals surface area contributed by atoms with E-state index in [0.717, 1.165) is 12.9 Å². The Balaban J connectivity index is 2.60. The molecule has 2 aromatic heterocycles. The summed E-state index contributed by atoms with van der Waals surface area (Å²) in [5.74, 6) is -0.314. The molecule has 0 aromatic carbocycles. The highest BCUT2D eigenvalue weighted by Crippen LogP contribution is 2.12. The van der Waals surface area contributed by atoms with Crippen LogP contribution in [0.4, 0.5) is 0 Å². The summed E-state index contributed by atoms with van der Waals surface area (Å²) in [6.07, 6.45) is 1.95. The fraction of sp³-hybridized carbons (Fsp3) is 0.333. The highest BCUT2D eigenvalue weighted by molar-refractivity contribution is 6.51. The first-order chi connectivity index (χ1) is 8.17. The van der Waals surface area contributed by atoms with E-state index in [9.17, 15) is 4.79 Å². The van der Waals surface area contributed by atoms with Crippen molar-refractivity contribution in [2.75, 3.05) is 6.61 Å². The fourth-order valence-corrected chi connectivity index (χ4v) is 1.86. The molecule has 0 aliphatic heterocycles. The van der Waals surface area contributed by atoms with Crippen molar-refractivity contribution < 1.29 is 9.53 Å². The third kappa shape index (κ3) is 2.05. The zero-order valence-electron chi connectivity index (χ0n) is 10.4. The van der Waals surface area contributed by atoms with Gasteiger partial charge in [0.25, 0.3) is 0 Å². The van der Waals surface area contributed by atoms with E-state index in [1.54, 1.807) is 6.92 Å². The van der Waals surface area contributed by atoms with Crippen LogP contribution in [0.3, 0.4) is 0 Å². The van der Waals surface area contributed by atoms with E-state index in [4.69, 9.17) is 4.74 Å². The van der Waals surface area contributed by atoms with Gasteiger partial charge < -0.3 is 4.74 Å². The zero-order chi connectivity index (χ0) is 12.4. The van der Waals surface area contributed by atoms with Crippen molar-refractivity contribution in [2.45, 2.75) is 20.7 Å². The predicted molar refractivity (Wildman–Crippen MR) is 68.5 cm³/mol. The quantitative estimate of drug-likeness (QED) is 0.581. The molecule has 0 aliphatic carbocycles. The first-order valence-corrected chi connectivity index (χ1v) is 5.82. The molecule has 4 nitrogen and oxygen atoms in total. The van der Waals surface area contributed by atoms with Gasteiger partial charge in [0.15, 0.2) is 13.0 Å². The molecule has 0 saturated carbocycles. The minimum Gasteiger partial charge on any atom is -0.461 e. The van der Waals surface area contributed by atoms with Gasteiger partial charge in [-0.25, -0.2) is 9.78 Å². The number of rotatable bonds is 3. The maximum Gasteiger partial charge on any atom is 0.357 e. The van der Waals surface area contributed by atoms with E-state index in [0.29, 0.717) is 18.0 Å². The smallest absolute Gasteiger partial charge is 0.357 e. The van der Waals surface area contributed by atoms with Crippen LogP contribution in [0.1, 0.15) is 23.1 Å². The Hall–Kier alpha value is -1.78. The number of nitrogens with zero attached hydrogens (tertiary/aromatic N) is 2. The fourth-order valence-electron chi connectivity index (χ4n) is 1.86. The van der Waals surface area contributed by atoms with Crippen molar-refractivity contribution in [1.82, 2.24) is 9.38 Å². The van der Waals surface area contributed by atoms with E-state index in [-0.39, 0.29) is 5.97 Å². The Morgan fingerprint density at radius 1 is 1.53 bits per heavy atom. The largest absolute Gasteiger partial charge is 0.461 e. The second kappa shape index (κ2) is 4.61. The molecule has 0 amide bonds. The van der Waals surface area contributed by atoms with Crippen LogP contribution in [-0.2, 0) is 4.74 Å². The molecule has 2 aromatic rings. The predicted octanol–water partition coefficient (Wildman–Crippen LogP) is 0.929. The standard InChI is InChI=1S/C12H15BN2O2/c1-4-17-12(16)11-8(2)14-10-6-5-9(13-3)7-15(10)11/h5-7,13H,4H2,1-3H3. The van der Waals surface area contributed by atoms with Gasteiger partial charge in [-0.05, 0) is 19.9 Å². The average molecular weight is 230 g/mol. The lowest BCUT2D eigenvalue weighted by atomic mass is 9.74. The Morgan fingerprint density at radius 2 is 2.29 bits per heavy atom. The van der Waals surface area contributed by atoms with Crippen LogP contribution in [0.2, 0.25) is 6.82 Å². The summed E-state index contributed by atoms with van der Waals surface area (Å²) >= 11 is 0. The van der Waals surface area contributed by atoms with Gasteiger partial charge >= 0.3 is 5.97 Å². The third-order valence-corrected chi connectivity index (χ3v) is 2.73. The lowest BCUT2D eigenvalue weighted by Gasteiger charge is -2.04. The lowest BCUT2D eigenvalue weighted by Crippen LogP contribution is -2.15. The first-order valence-electron chi connectivity index (χ1n) is 5.82. The van der Waals surface area contributed by atoms with E-state index < -0.39 is 0 Å². The van der Waals surface area contributed by atoms with E-state index in [1.807, 2.05) is 29.7 Å². The summed E-state index contributed by atoms with van der Waals surface area (Å²) in [6, 6.07) is 3.95. The Morgan fingerprint density at radius 3 is 2.94 bits per heavy atom. The molecule has 17 heavy (non-hydrogen) atoms. The monoisotopic (exact) mass is 230 g/mol. The average Bonchev–Trinajstić information content (AvgIpc) is 2.64. The molecule has 0 radical (unpaired) electrons. The van der Waals surface area contributed by atoms with Gasteiger partial charge in [-0.3, -0.25) is 4.40 Å². The molecule has 0 unspecified atom stereocenters. The molecule has 0 bridgehead atoms. The van der Waals surface area contributed by atoms with Crippen molar-refractivity contribution in [3.05, 3.63) is 29.7 Å². The number of hydrogen-bond acceptors (Lipinski definition) is 3. The van der Waals surface area contributed by atoms with Gasteiger partial charge in [0.2, 0.25) is 0 Å². The van der Waals surface area contributed by atoms with Crippen LogP contribution in [0, 0.1) is 6.92 Å². The third-order valence-electron chi connectivity index (χ3n) is 2.73. The van der Waals surface area contributed by atoms with Crippen molar-refractivity contribution in [3.8, 4) is 0 Å². The Kier molecular flexibility index (Phi) is 3.18. The van der Waals surface area contributed by atoms with Crippen molar-refractivity contribution in [2.24, 2.45) is 0 Å². The SMILES string of the molecule is CBc1ccc2nc(C)c(C(=O)OCC)n2c1. The Bertz CT molecular complexity index is 563. The van der Waals surface area contributed by atoms with E-state index >= 15 is 0 Å². The van der Waals surface area contributed by atoms with Crippen LogP contribution in [0.15, 0.2) is 18.3 Å². The highest BCUT2D eigenvalue weighted by Gasteiger charge is 2.17. The summed E-state index contributed by atoms with van der Waals surface area (Å²) in [5.41, 5.74) is 3.18. The summed E-state index contributed by atoms with van der Waals surface area (Å²) < 4.78 is 6.86. The Labute approximate surface area is 101 Å². The number of carbonyl (C=O) groups is 1. The molecule has 5 heteroatoms. The van der Waals surface area contributed by atoms with Gasteiger partial charge in [0.1, 0.15) is 5.65 Å². The van der Waals surface area contributed by atoms with E-state index in [1.165, 1.54) is 5.46 Å². The molecule has 0 aliphatic rings. The molecule has 88 valence electrons. The number of esters is 1. The molecule has 2 heterocycles. The molecule has 0 N–H and O–H groups in total.